The number of hydrogen-bond acceptors (Lipinski definition) is 8. The van der Waals surface area contributed by atoms with Crippen LogP contribution in [0.2, 0.25) is 0 Å². The van der Waals surface area contributed by atoms with E-state index in [0.29, 0.717) is 47.1 Å². The first-order chi connectivity index (χ1) is 16.7. The molecule has 0 unspecified atom stereocenters. The number of methoxy groups -OCH3 is 2. The van der Waals surface area contributed by atoms with Gasteiger partial charge in [0.25, 0.3) is 0 Å². The molecular weight excluding hydrogens is 432 g/mol. The molecule has 0 saturated heterocycles. The van der Waals surface area contributed by atoms with E-state index in [2.05, 4.69) is 25.4 Å². The zero-order chi connectivity index (χ0) is 23.3. The summed E-state index contributed by atoms with van der Waals surface area (Å²) in [5.74, 6) is 3.43. The molecule has 9 heteroatoms. The van der Waals surface area contributed by atoms with Crippen LogP contribution >= 0.6 is 0 Å². The summed E-state index contributed by atoms with van der Waals surface area (Å²) in [5.41, 5.74) is 2.38. The Balaban J connectivity index is 1.50. The molecule has 2 aromatic carbocycles. The van der Waals surface area contributed by atoms with Gasteiger partial charge in [0.15, 0.2) is 23.0 Å². The van der Waals surface area contributed by atoms with Gasteiger partial charge in [-0.05, 0) is 42.0 Å². The van der Waals surface area contributed by atoms with E-state index in [9.17, 15) is 0 Å². The number of pyridine rings is 1. The summed E-state index contributed by atoms with van der Waals surface area (Å²) in [6.07, 6.45) is 3.43. The predicted octanol–water partition coefficient (Wildman–Crippen LogP) is 4.61. The van der Waals surface area contributed by atoms with Gasteiger partial charge in [0, 0.05) is 30.6 Å². The number of nitrogens with one attached hydrogen (secondary N) is 1. The second-order valence-electron chi connectivity index (χ2n) is 7.32. The van der Waals surface area contributed by atoms with Crippen LogP contribution in [0.1, 0.15) is 5.56 Å². The van der Waals surface area contributed by atoms with E-state index in [1.807, 2.05) is 60.7 Å². The van der Waals surface area contributed by atoms with Crippen molar-refractivity contribution in [3.05, 3.63) is 84.7 Å². The molecule has 0 aliphatic rings. The van der Waals surface area contributed by atoms with Gasteiger partial charge in [-0.15, -0.1) is 5.10 Å². The summed E-state index contributed by atoms with van der Waals surface area (Å²) in [4.78, 5) is 13.5. The molecule has 5 rings (SSSR count). The van der Waals surface area contributed by atoms with Crippen molar-refractivity contribution in [1.29, 1.82) is 0 Å². The van der Waals surface area contributed by atoms with Crippen molar-refractivity contribution >= 4 is 11.6 Å². The summed E-state index contributed by atoms with van der Waals surface area (Å²) in [6.45, 7) is 0.472. The van der Waals surface area contributed by atoms with Crippen molar-refractivity contribution in [2.75, 3.05) is 19.5 Å². The minimum Gasteiger partial charge on any atom is -0.493 e. The van der Waals surface area contributed by atoms with E-state index in [0.717, 1.165) is 11.1 Å². The van der Waals surface area contributed by atoms with Crippen LogP contribution in [-0.2, 0) is 6.54 Å². The lowest BCUT2D eigenvalue weighted by Crippen LogP contribution is -2.08. The van der Waals surface area contributed by atoms with Gasteiger partial charge < -0.3 is 19.5 Å². The number of benzene rings is 2. The SMILES string of the molecule is COc1ccc(CNc2nc(Oc3ccccc3)cc3nc(-c4cccnc4)nn23)cc1OC. The van der Waals surface area contributed by atoms with E-state index in [1.54, 1.807) is 37.2 Å². The predicted molar refractivity (Wildman–Crippen MR) is 127 cm³/mol. The molecule has 5 aromatic rings. The Morgan fingerprint density at radius 1 is 0.882 bits per heavy atom. The number of aromatic nitrogens is 5. The van der Waals surface area contributed by atoms with Crippen LogP contribution in [0.15, 0.2) is 79.1 Å². The zero-order valence-electron chi connectivity index (χ0n) is 18.7. The van der Waals surface area contributed by atoms with Gasteiger partial charge in [0.2, 0.25) is 11.8 Å². The first-order valence-electron chi connectivity index (χ1n) is 10.6. The average molecular weight is 454 g/mol. The molecule has 0 spiro atoms. The van der Waals surface area contributed by atoms with Crippen molar-refractivity contribution in [1.82, 2.24) is 24.6 Å². The number of para-hydroxylation sites is 1. The summed E-state index contributed by atoms with van der Waals surface area (Å²) in [7, 11) is 3.22. The number of fused-ring (bicyclic) bond motifs is 1. The number of nitrogens with zero attached hydrogens (tertiary/aromatic N) is 5. The molecule has 34 heavy (non-hydrogen) atoms. The largest absolute Gasteiger partial charge is 0.493 e. The highest BCUT2D eigenvalue weighted by Gasteiger charge is 2.14. The highest BCUT2D eigenvalue weighted by molar-refractivity contribution is 5.59. The van der Waals surface area contributed by atoms with Crippen molar-refractivity contribution in [3.8, 4) is 34.5 Å². The molecule has 3 heterocycles. The molecule has 170 valence electrons. The van der Waals surface area contributed by atoms with E-state index in [-0.39, 0.29) is 0 Å². The second-order valence-corrected chi connectivity index (χ2v) is 7.32. The van der Waals surface area contributed by atoms with E-state index >= 15 is 0 Å². The third kappa shape index (κ3) is 4.44. The van der Waals surface area contributed by atoms with Crippen LogP contribution < -0.4 is 19.5 Å². The highest BCUT2D eigenvalue weighted by atomic mass is 16.5. The van der Waals surface area contributed by atoms with Crippen molar-refractivity contribution < 1.29 is 14.2 Å². The third-order valence-electron chi connectivity index (χ3n) is 5.09. The molecule has 0 fully saturated rings. The number of anilines is 1. The third-order valence-corrected chi connectivity index (χ3v) is 5.09. The second kappa shape index (κ2) is 9.45. The summed E-state index contributed by atoms with van der Waals surface area (Å²) in [5, 5.41) is 7.99. The fourth-order valence-corrected chi connectivity index (χ4v) is 3.43. The first kappa shape index (κ1) is 21.2. The topological polar surface area (TPSA) is 95.7 Å². The Labute approximate surface area is 196 Å². The Kier molecular flexibility index (Phi) is 5.89. The van der Waals surface area contributed by atoms with Crippen LogP contribution in [0, 0.1) is 0 Å². The van der Waals surface area contributed by atoms with Gasteiger partial charge in [0.1, 0.15) is 5.75 Å². The van der Waals surface area contributed by atoms with Crippen LogP contribution in [-0.4, -0.2) is 38.8 Å². The molecule has 3 aromatic heterocycles. The van der Waals surface area contributed by atoms with Crippen molar-refractivity contribution in [3.63, 3.8) is 0 Å². The van der Waals surface area contributed by atoms with E-state index in [1.165, 1.54) is 0 Å². The maximum absolute atomic E-state index is 5.98. The van der Waals surface area contributed by atoms with E-state index in [4.69, 9.17) is 14.2 Å². The molecule has 9 nitrogen and oxygen atoms in total. The normalized spacial score (nSPS) is 10.8. The lowest BCUT2D eigenvalue weighted by Gasteiger charge is -2.12. The Hall–Kier alpha value is -4.66. The van der Waals surface area contributed by atoms with Crippen LogP contribution in [0.5, 0.6) is 23.1 Å². The molecule has 0 amide bonds. The first-order valence-corrected chi connectivity index (χ1v) is 10.6. The summed E-state index contributed by atoms with van der Waals surface area (Å²) in [6, 6.07) is 20.7. The van der Waals surface area contributed by atoms with E-state index < -0.39 is 0 Å². The number of rotatable bonds is 8. The fourth-order valence-electron chi connectivity index (χ4n) is 3.43. The Morgan fingerprint density at radius 3 is 2.50 bits per heavy atom. The molecule has 0 bridgehead atoms. The summed E-state index contributed by atoms with van der Waals surface area (Å²) >= 11 is 0. The number of hydrogen-bond donors (Lipinski definition) is 1. The van der Waals surface area contributed by atoms with Crippen molar-refractivity contribution in [2.45, 2.75) is 6.54 Å². The molecular formula is C25H22N6O3. The highest BCUT2D eigenvalue weighted by Crippen LogP contribution is 2.28. The fraction of sp³-hybridized carbons (Fsp3) is 0.120. The van der Waals surface area contributed by atoms with Crippen LogP contribution in [0.4, 0.5) is 5.95 Å². The molecule has 0 radical (unpaired) electrons. The van der Waals surface area contributed by atoms with Crippen LogP contribution in [0.25, 0.3) is 17.0 Å². The quantitative estimate of drug-likeness (QED) is 0.363. The molecule has 0 aliphatic carbocycles. The maximum atomic E-state index is 5.98. The Bertz CT molecular complexity index is 1410. The van der Waals surface area contributed by atoms with Crippen LogP contribution in [0.3, 0.4) is 0 Å². The lowest BCUT2D eigenvalue weighted by molar-refractivity contribution is 0.354. The minimum atomic E-state index is 0.402. The van der Waals surface area contributed by atoms with Gasteiger partial charge >= 0.3 is 0 Å². The smallest absolute Gasteiger partial charge is 0.229 e. The zero-order valence-corrected chi connectivity index (χ0v) is 18.7. The van der Waals surface area contributed by atoms with Gasteiger partial charge in [-0.1, -0.05) is 24.3 Å². The monoisotopic (exact) mass is 454 g/mol. The minimum absolute atomic E-state index is 0.402. The van der Waals surface area contributed by atoms with Crippen molar-refractivity contribution in [2.24, 2.45) is 0 Å². The van der Waals surface area contributed by atoms with Gasteiger partial charge in [-0.25, -0.2) is 4.98 Å². The number of ether oxygens (including phenoxy) is 3. The lowest BCUT2D eigenvalue weighted by atomic mass is 10.2. The standard InChI is InChI=1S/C25H22N6O3/c1-32-20-11-10-17(13-21(20)33-2)15-27-25-29-23(34-19-8-4-3-5-9-19)14-22-28-24(30-31(22)25)18-7-6-12-26-16-18/h3-14,16H,15H2,1-2H3,(H,27,29). The summed E-state index contributed by atoms with van der Waals surface area (Å²) < 4.78 is 18.4. The average Bonchev–Trinajstić information content (AvgIpc) is 3.32. The molecule has 1 N–H and O–H groups in total. The van der Waals surface area contributed by atoms with Gasteiger partial charge in [-0.2, -0.15) is 9.50 Å². The van der Waals surface area contributed by atoms with Gasteiger partial charge in [-0.3, -0.25) is 4.98 Å². The maximum Gasteiger partial charge on any atom is 0.229 e. The molecule has 0 atom stereocenters. The Morgan fingerprint density at radius 2 is 1.74 bits per heavy atom. The van der Waals surface area contributed by atoms with Gasteiger partial charge in [0.05, 0.1) is 14.2 Å². The molecule has 0 aliphatic heterocycles. The molecule has 0 saturated carbocycles.